The van der Waals surface area contributed by atoms with Crippen LogP contribution in [-0.2, 0) is 4.74 Å². The van der Waals surface area contributed by atoms with Gasteiger partial charge in [-0.2, -0.15) is 10.1 Å². The van der Waals surface area contributed by atoms with Crippen LogP contribution in [0.4, 0.5) is 29.0 Å². The number of morpholine rings is 1. The topological polar surface area (TPSA) is 91.0 Å². The second-order valence-electron chi connectivity index (χ2n) is 7.15. The zero-order chi connectivity index (χ0) is 20.2. The van der Waals surface area contributed by atoms with E-state index in [4.69, 9.17) is 4.74 Å². The van der Waals surface area contributed by atoms with E-state index in [1.807, 2.05) is 18.2 Å². The summed E-state index contributed by atoms with van der Waals surface area (Å²) in [6.07, 6.45) is 1.72. The van der Waals surface area contributed by atoms with Crippen molar-refractivity contribution in [3.8, 4) is 0 Å². The lowest BCUT2D eigenvalue weighted by molar-refractivity contribution is 0.122. The van der Waals surface area contributed by atoms with Crippen LogP contribution in [0.5, 0.6) is 0 Å². The minimum atomic E-state index is 0.379. The molecule has 8 nitrogen and oxygen atoms in total. The molecule has 0 radical (unpaired) electrons. The van der Waals surface area contributed by atoms with Crippen molar-refractivity contribution < 1.29 is 4.74 Å². The Morgan fingerprint density at radius 3 is 2.59 bits per heavy atom. The highest BCUT2D eigenvalue weighted by Gasteiger charge is 2.12. The Morgan fingerprint density at radius 1 is 1.14 bits per heavy atom. The average molecular weight is 458 g/mol. The fraction of sp³-hybridized carbons (Fsp3) is 0.350. The second kappa shape index (κ2) is 8.79. The molecule has 1 saturated heterocycles. The number of anilines is 5. The van der Waals surface area contributed by atoms with Crippen LogP contribution >= 0.6 is 15.9 Å². The van der Waals surface area contributed by atoms with Gasteiger partial charge in [-0.3, -0.25) is 5.10 Å². The summed E-state index contributed by atoms with van der Waals surface area (Å²) >= 11 is 3.49. The molecule has 4 rings (SSSR count). The van der Waals surface area contributed by atoms with Crippen molar-refractivity contribution in [2.45, 2.75) is 19.8 Å². The molecule has 0 bridgehead atoms. The molecule has 9 heteroatoms. The molecule has 152 valence electrons. The molecule has 0 saturated carbocycles. The Balaban J connectivity index is 1.45. The van der Waals surface area contributed by atoms with Gasteiger partial charge in [-0.05, 0) is 46.1 Å². The van der Waals surface area contributed by atoms with Gasteiger partial charge in [-0.1, -0.05) is 13.8 Å². The summed E-state index contributed by atoms with van der Waals surface area (Å²) in [6, 6.07) is 10.3. The predicted molar refractivity (Wildman–Crippen MR) is 118 cm³/mol. The number of hydrogen-bond acceptors (Lipinski definition) is 7. The van der Waals surface area contributed by atoms with Crippen molar-refractivity contribution in [3.63, 3.8) is 0 Å². The van der Waals surface area contributed by atoms with Gasteiger partial charge in [0.1, 0.15) is 0 Å². The standard InChI is InChI=1S/C20H24BrN7O/c1-13(2)17-11-18(27-26-17)24-19-16(21)12-22-20(25-19)23-14-3-5-15(6-4-14)28-7-9-29-10-8-28/h3-6,11-13H,7-10H2,1-2H3,(H3,22,23,24,25,26,27). The van der Waals surface area contributed by atoms with Crippen molar-refractivity contribution >= 4 is 44.9 Å². The summed E-state index contributed by atoms with van der Waals surface area (Å²) in [4.78, 5) is 11.2. The maximum absolute atomic E-state index is 5.41. The van der Waals surface area contributed by atoms with Crippen LogP contribution in [0.1, 0.15) is 25.5 Å². The first-order valence-electron chi connectivity index (χ1n) is 9.63. The Bertz CT molecular complexity index is 952. The molecule has 0 aliphatic carbocycles. The number of halogens is 1. The molecule has 3 heterocycles. The molecule has 1 aromatic carbocycles. The van der Waals surface area contributed by atoms with Crippen molar-refractivity contribution in [3.05, 3.63) is 46.7 Å². The van der Waals surface area contributed by atoms with Gasteiger partial charge in [-0.15, -0.1) is 0 Å². The molecule has 2 aromatic heterocycles. The Morgan fingerprint density at radius 2 is 1.90 bits per heavy atom. The van der Waals surface area contributed by atoms with Crippen LogP contribution in [0.3, 0.4) is 0 Å². The van der Waals surface area contributed by atoms with Crippen molar-refractivity contribution in [2.75, 3.05) is 41.8 Å². The van der Waals surface area contributed by atoms with E-state index in [0.717, 1.165) is 42.2 Å². The smallest absolute Gasteiger partial charge is 0.229 e. The zero-order valence-corrected chi connectivity index (χ0v) is 18.0. The fourth-order valence-electron chi connectivity index (χ4n) is 3.04. The van der Waals surface area contributed by atoms with Gasteiger partial charge in [0.15, 0.2) is 11.6 Å². The SMILES string of the molecule is CC(C)c1cc(Nc2nc(Nc3ccc(N4CCOCC4)cc3)ncc2Br)n[nH]1. The molecule has 1 aliphatic heterocycles. The normalized spacial score (nSPS) is 14.3. The van der Waals surface area contributed by atoms with Crippen LogP contribution in [0.25, 0.3) is 0 Å². The third kappa shape index (κ3) is 4.86. The number of aromatic amines is 1. The lowest BCUT2D eigenvalue weighted by Crippen LogP contribution is -2.36. The minimum Gasteiger partial charge on any atom is -0.378 e. The molecule has 29 heavy (non-hydrogen) atoms. The van der Waals surface area contributed by atoms with Gasteiger partial charge >= 0.3 is 0 Å². The highest BCUT2D eigenvalue weighted by molar-refractivity contribution is 9.10. The van der Waals surface area contributed by atoms with E-state index in [2.05, 4.69) is 77.6 Å². The summed E-state index contributed by atoms with van der Waals surface area (Å²) in [6.45, 7) is 7.62. The van der Waals surface area contributed by atoms with Gasteiger partial charge in [0.25, 0.3) is 0 Å². The number of H-pyrrole nitrogens is 1. The van der Waals surface area contributed by atoms with E-state index in [-0.39, 0.29) is 0 Å². The monoisotopic (exact) mass is 457 g/mol. The summed E-state index contributed by atoms with van der Waals surface area (Å²) in [5.74, 6) is 2.25. The zero-order valence-electron chi connectivity index (χ0n) is 16.4. The van der Waals surface area contributed by atoms with E-state index < -0.39 is 0 Å². The highest BCUT2D eigenvalue weighted by atomic mass is 79.9. The number of aromatic nitrogens is 4. The summed E-state index contributed by atoms with van der Waals surface area (Å²) in [7, 11) is 0. The van der Waals surface area contributed by atoms with Crippen LogP contribution < -0.4 is 15.5 Å². The number of nitrogens with one attached hydrogen (secondary N) is 3. The van der Waals surface area contributed by atoms with Gasteiger partial charge < -0.3 is 20.3 Å². The van der Waals surface area contributed by atoms with Crippen molar-refractivity contribution in [1.82, 2.24) is 20.2 Å². The summed E-state index contributed by atoms with van der Waals surface area (Å²) in [5.41, 5.74) is 3.19. The lowest BCUT2D eigenvalue weighted by atomic mass is 10.1. The molecule has 3 aromatic rings. The maximum Gasteiger partial charge on any atom is 0.229 e. The first-order valence-corrected chi connectivity index (χ1v) is 10.4. The minimum absolute atomic E-state index is 0.379. The molecular formula is C20H24BrN7O. The average Bonchev–Trinajstić information content (AvgIpc) is 3.21. The Kier molecular flexibility index (Phi) is 5.96. The predicted octanol–water partition coefficient (Wildman–Crippen LogP) is 4.41. The number of hydrogen-bond donors (Lipinski definition) is 3. The summed E-state index contributed by atoms with van der Waals surface area (Å²) < 4.78 is 6.18. The van der Waals surface area contributed by atoms with Crippen LogP contribution in [0, 0.1) is 0 Å². The number of rotatable bonds is 6. The van der Waals surface area contributed by atoms with Gasteiger partial charge in [0.2, 0.25) is 5.95 Å². The van der Waals surface area contributed by atoms with Crippen molar-refractivity contribution in [1.29, 1.82) is 0 Å². The van der Waals surface area contributed by atoms with Crippen LogP contribution in [0.15, 0.2) is 41.0 Å². The van der Waals surface area contributed by atoms with Crippen LogP contribution in [0.2, 0.25) is 0 Å². The quantitative estimate of drug-likeness (QED) is 0.504. The molecule has 1 fully saturated rings. The largest absolute Gasteiger partial charge is 0.378 e. The number of benzene rings is 1. The van der Waals surface area contributed by atoms with Gasteiger partial charge in [-0.25, -0.2) is 4.98 Å². The molecule has 0 unspecified atom stereocenters. The third-order valence-electron chi connectivity index (χ3n) is 4.71. The van der Waals surface area contributed by atoms with Crippen molar-refractivity contribution in [2.24, 2.45) is 0 Å². The third-order valence-corrected chi connectivity index (χ3v) is 5.29. The number of nitrogens with zero attached hydrogens (tertiary/aromatic N) is 4. The van der Waals surface area contributed by atoms with E-state index in [1.54, 1.807) is 6.20 Å². The van der Waals surface area contributed by atoms with E-state index in [9.17, 15) is 0 Å². The van der Waals surface area contributed by atoms with Gasteiger partial charge in [0, 0.05) is 42.4 Å². The maximum atomic E-state index is 5.41. The van der Waals surface area contributed by atoms with Crippen LogP contribution in [-0.4, -0.2) is 46.5 Å². The highest BCUT2D eigenvalue weighted by Crippen LogP contribution is 2.26. The van der Waals surface area contributed by atoms with Gasteiger partial charge in [0.05, 0.1) is 17.7 Å². The number of ether oxygens (including phenoxy) is 1. The fourth-order valence-corrected chi connectivity index (χ4v) is 3.33. The Labute approximate surface area is 178 Å². The molecule has 0 spiro atoms. The molecular weight excluding hydrogens is 434 g/mol. The molecule has 1 aliphatic rings. The van der Waals surface area contributed by atoms with E-state index >= 15 is 0 Å². The van der Waals surface area contributed by atoms with E-state index in [0.29, 0.717) is 23.5 Å². The first-order chi connectivity index (χ1) is 14.1. The summed E-state index contributed by atoms with van der Waals surface area (Å²) in [5, 5.41) is 13.8. The molecule has 0 atom stereocenters. The Hall–Kier alpha value is -2.65. The van der Waals surface area contributed by atoms with E-state index in [1.165, 1.54) is 5.69 Å². The molecule has 0 amide bonds. The first kappa shape index (κ1) is 19.7. The second-order valence-corrected chi connectivity index (χ2v) is 8.00. The molecule has 3 N–H and O–H groups in total. The lowest BCUT2D eigenvalue weighted by Gasteiger charge is -2.28.